The Morgan fingerprint density at radius 3 is 2.41 bits per heavy atom. The zero-order chi connectivity index (χ0) is 23.1. The molecule has 0 aliphatic heterocycles. The molecule has 1 aliphatic carbocycles. The smallest absolute Gasteiger partial charge is 0.310 e. The molecule has 0 saturated heterocycles. The van der Waals surface area contributed by atoms with Crippen molar-refractivity contribution in [3.63, 3.8) is 0 Å². The Bertz CT molecular complexity index is 1020. The quantitative estimate of drug-likeness (QED) is 0.485. The van der Waals surface area contributed by atoms with E-state index < -0.39 is 11.5 Å². The summed E-state index contributed by atoms with van der Waals surface area (Å²) in [6, 6.07) is 6.33. The first kappa shape index (κ1) is 23.6. The number of aromatic nitrogens is 1. The fourth-order valence-corrected chi connectivity index (χ4v) is 4.07. The number of hydrogen-bond donors (Lipinski definition) is 2. The fraction of sp³-hybridized carbons (Fsp3) is 0.480. The number of anilines is 1. The number of nitrogens with zero attached hydrogens (tertiary/aromatic N) is 1. The van der Waals surface area contributed by atoms with E-state index in [1.807, 2.05) is 0 Å². The number of esters is 1. The van der Waals surface area contributed by atoms with Crippen LogP contribution in [-0.2, 0) is 24.2 Å². The van der Waals surface area contributed by atoms with Crippen molar-refractivity contribution in [2.45, 2.75) is 78.2 Å². The van der Waals surface area contributed by atoms with Crippen LogP contribution in [0.5, 0.6) is 11.5 Å². The monoisotopic (exact) mass is 440 g/mol. The molecule has 7 nitrogen and oxygen atoms in total. The number of fused-ring (bicyclic) bond motifs is 1. The zero-order valence-corrected chi connectivity index (χ0v) is 18.9. The second-order valence-corrected chi connectivity index (χ2v) is 8.18. The molecule has 0 radical (unpaired) electrons. The van der Waals surface area contributed by atoms with Gasteiger partial charge in [0.15, 0.2) is 0 Å². The number of aromatic hydroxyl groups is 1. The van der Waals surface area contributed by atoms with Crippen LogP contribution in [0.3, 0.4) is 0 Å². The second-order valence-electron chi connectivity index (χ2n) is 8.18. The van der Waals surface area contributed by atoms with Gasteiger partial charge in [-0.2, -0.15) is 0 Å². The summed E-state index contributed by atoms with van der Waals surface area (Å²) in [4.78, 5) is 37.8. The van der Waals surface area contributed by atoms with Crippen LogP contribution in [0.4, 0.5) is 5.69 Å². The molecule has 0 fully saturated rings. The van der Waals surface area contributed by atoms with Gasteiger partial charge in [0, 0.05) is 29.9 Å². The highest BCUT2D eigenvalue weighted by atomic mass is 16.5. The highest BCUT2D eigenvalue weighted by Gasteiger charge is 2.26. The summed E-state index contributed by atoms with van der Waals surface area (Å²) in [5.74, 6) is -0.799. The maximum Gasteiger partial charge on any atom is 0.310 e. The molecular weight excluding hydrogens is 408 g/mol. The first-order valence-corrected chi connectivity index (χ1v) is 11.6. The summed E-state index contributed by atoms with van der Waals surface area (Å²) in [5, 5.41) is 13.7. The van der Waals surface area contributed by atoms with Crippen molar-refractivity contribution in [2.24, 2.45) is 0 Å². The number of hydrogen-bond acceptors (Lipinski definition) is 5. The van der Waals surface area contributed by atoms with Crippen molar-refractivity contribution in [3.8, 4) is 11.5 Å². The molecule has 1 aliphatic rings. The minimum Gasteiger partial charge on any atom is -0.507 e. The minimum absolute atomic E-state index is 0.189. The Labute approximate surface area is 188 Å². The molecular formula is C25H32N2O5. The van der Waals surface area contributed by atoms with Gasteiger partial charge in [-0.3, -0.25) is 14.4 Å². The standard InChI is InChI=1S/C25H32N2O5/c1-3-5-16-27-20-11-9-7-6-8-10-19(20)23(29)22(25(27)31)24(30)26-17-12-14-18(15-13-17)32-21(28)4-2/h12-15,29H,3-11,16H2,1-2H3,(H,26,30). The number of benzene rings is 1. The minimum atomic E-state index is -0.638. The van der Waals surface area contributed by atoms with Crippen LogP contribution >= 0.6 is 0 Å². The Kier molecular flexibility index (Phi) is 8.09. The van der Waals surface area contributed by atoms with Gasteiger partial charge in [0.1, 0.15) is 17.1 Å². The fourth-order valence-electron chi connectivity index (χ4n) is 4.07. The molecule has 172 valence electrons. The van der Waals surface area contributed by atoms with Crippen LogP contribution in [0.2, 0.25) is 0 Å². The van der Waals surface area contributed by atoms with Gasteiger partial charge in [-0.1, -0.05) is 33.1 Å². The summed E-state index contributed by atoms with van der Waals surface area (Å²) in [5.41, 5.74) is 1.40. The SMILES string of the molecule is CCCCn1c2c(c(O)c(C(=O)Nc3ccc(OC(=O)CC)cc3)c1=O)CCCCCC2. The number of pyridine rings is 1. The van der Waals surface area contributed by atoms with Crippen molar-refractivity contribution < 1.29 is 19.4 Å². The maximum absolute atomic E-state index is 13.3. The lowest BCUT2D eigenvalue weighted by atomic mass is 9.94. The molecule has 1 aromatic heterocycles. The van der Waals surface area contributed by atoms with Gasteiger partial charge in [-0.25, -0.2) is 0 Å². The predicted molar refractivity (Wildman–Crippen MR) is 123 cm³/mol. The van der Waals surface area contributed by atoms with Crippen molar-refractivity contribution in [1.82, 2.24) is 4.57 Å². The van der Waals surface area contributed by atoms with E-state index in [9.17, 15) is 19.5 Å². The average molecular weight is 441 g/mol. The Balaban J connectivity index is 1.93. The van der Waals surface area contributed by atoms with Crippen LogP contribution < -0.4 is 15.6 Å². The molecule has 0 saturated carbocycles. The summed E-state index contributed by atoms with van der Waals surface area (Å²) < 4.78 is 6.84. The third-order valence-corrected chi connectivity index (χ3v) is 5.84. The van der Waals surface area contributed by atoms with Gasteiger partial charge < -0.3 is 19.7 Å². The molecule has 2 N–H and O–H groups in total. The van der Waals surface area contributed by atoms with Crippen LogP contribution in [0, 0.1) is 0 Å². The Hall–Kier alpha value is -3.09. The van der Waals surface area contributed by atoms with Gasteiger partial charge in [-0.05, 0) is 56.4 Å². The highest BCUT2D eigenvalue weighted by molar-refractivity contribution is 6.06. The van der Waals surface area contributed by atoms with E-state index in [1.54, 1.807) is 35.8 Å². The Morgan fingerprint density at radius 2 is 1.75 bits per heavy atom. The molecule has 7 heteroatoms. The third-order valence-electron chi connectivity index (χ3n) is 5.84. The normalized spacial score (nSPS) is 13.6. The summed E-state index contributed by atoms with van der Waals surface area (Å²) in [7, 11) is 0. The topological polar surface area (TPSA) is 97.6 Å². The number of carbonyl (C=O) groups excluding carboxylic acids is 2. The van der Waals surface area contributed by atoms with E-state index in [0.717, 1.165) is 56.2 Å². The van der Waals surface area contributed by atoms with E-state index in [1.165, 1.54) is 0 Å². The van der Waals surface area contributed by atoms with Crippen LogP contribution in [0.25, 0.3) is 0 Å². The van der Waals surface area contributed by atoms with Crippen molar-refractivity contribution >= 4 is 17.6 Å². The number of nitrogens with one attached hydrogen (secondary N) is 1. The number of ether oxygens (including phenoxy) is 1. The van der Waals surface area contributed by atoms with Gasteiger partial charge >= 0.3 is 5.97 Å². The lowest BCUT2D eigenvalue weighted by Gasteiger charge is -2.22. The van der Waals surface area contributed by atoms with E-state index in [-0.39, 0.29) is 23.7 Å². The molecule has 2 aromatic rings. The molecule has 1 heterocycles. The summed E-state index contributed by atoms with van der Waals surface area (Å²) >= 11 is 0. The Morgan fingerprint density at radius 1 is 1.06 bits per heavy atom. The zero-order valence-electron chi connectivity index (χ0n) is 18.9. The van der Waals surface area contributed by atoms with E-state index >= 15 is 0 Å². The van der Waals surface area contributed by atoms with Crippen LogP contribution in [0.1, 0.15) is 80.4 Å². The average Bonchev–Trinajstić information content (AvgIpc) is 2.75. The van der Waals surface area contributed by atoms with Gasteiger partial charge in [0.2, 0.25) is 0 Å². The lowest BCUT2D eigenvalue weighted by Crippen LogP contribution is -2.33. The molecule has 0 atom stereocenters. The summed E-state index contributed by atoms with van der Waals surface area (Å²) in [6.45, 7) is 4.30. The highest BCUT2D eigenvalue weighted by Crippen LogP contribution is 2.30. The molecule has 0 bridgehead atoms. The first-order valence-electron chi connectivity index (χ1n) is 11.6. The maximum atomic E-state index is 13.3. The van der Waals surface area contributed by atoms with Crippen LogP contribution in [-0.4, -0.2) is 21.6 Å². The first-order chi connectivity index (χ1) is 15.5. The molecule has 3 rings (SSSR count). The largest absolute Gasteiger partial charge is 0.507 e. The molecule has 32 heavy (non-hydrogen) atoms. The van der Waals surface area contributed by atoms with Crippen molar-refractivity contribution in [1.29, 1.82) is 0 Å². The molecule has 0 unspecified atom stereocenters. The number of carbonyl (C=O) groups is 2. The van der Waals surface area contributed by atoms with E-state index in [0.29, 0.717) is 24.4 Å². The van der Waals surface area contributed by atoms with Crippen molar-refractivity contribution in [3.05, 3.63) is 51.4 Å². The van der Waals surface area contributed by atoms with Crippen molar-refractivity contribution in [2.75, 3.05) is 5.32 Å². The molecule has 0 spiro atoms. The van der Waals surface area contributed by atoms with Gasteiger partial charge in [-0.15, -0.1) is 0 Å². The van der Waals surface area contributed by atoms with E-state index in [2.05, 4.69) is 12.2 Å². The third kappa shape index (κ3) is 5.39. The summed E-state index contributed by atoms with van der Waals surface area (Å²) in [6.07, 6.45) is 7.49. The van der Waals surface area contributed by atoms with Gasteiger partial charge in [0.05, 0.1) is 0 Å². The predicted octanol–water partition coefficient (Wildman–Crippen LogP) is 4.58. The lowest BCUT2D eigenvalue weighted by molar-refractivity contribution is -0.134. The number of unbranched alkanes of at least 4 members (excludes halogenated alkanes) is 1. The number of amides is 1. The molecule has 1 amide bonds. The number of rotatable bonds is 7. The van der Waals surface area contributed by atoms with Gasteiger partial charge in [0.25, 0.3) is 11.5 Å². The van der Waals surface area contributed by atoms with E-state index in [4.69, 9.17) is 4.74 Å². The molecule has 1 aromatic carbocycles. The second kappa shape index (κ2) is 11.0. The van der Waals surface area contributed by atoms with Crippen LogP contribution in [0.15, 0.2) is 29.1 Å².